The van der Waals surface area contributed by atoms with Crippen molar-refractivity contribution < 1.29 is 9.18 Å². The van der Waals surface area contributed by atoms with Gasteiger partial charge in [-0.25, -0.2) is 4.39 Å². The predicted molar refractivity (Wildman–Crippen MR) is 138 cm³/mol. The lowest BCUT2D eigenvalue weighted by molar-refractivity contribution is 0.0798. The largest absolute Gasteiger partial charge is 0.384 e. The molecular formula is C27H32FN5O2. The van der Waals surface area contributed by atoms with Crippen LogP contribution in [0.5, 0.6) is 0 Å². The third kappa shape index (κ3) is 4.62. The maximum atomic E-state index is 14.7. The first kappa shape index (κ1) is 23.4. The first-order chi connectivity index (χ1) is 16.9. The van der Waals surface area contributed by atoms with Gasteiger partial charge in [-0.3, -0.25) is 14.5 Å². The number of aromatic amines is 1. The van der Waals surface area contributed by atoms with Gasteiger partial charge in [0.25, 0.3) is 11.5 Å². The Kier molecular flexibility index (Phi) is 6.47. The molecule has 0 bridgehead atoms. The van der Waals surface area contributed by atoms with E-state index in [2.05, 4.69) is 38.3 Å². The van der Waals surface area contributed by atoms with Gasteiger partial charge >= 0.3 is 0 Å². The molecule has 8 heteroatoms. The molecule has 7 nitrogen and oxygen atoms in total. The maximum absolute atomic E-state index is 14.7. The zero-order chi connectivity index (χ0) is 24.5. The van der Waals surface area contributed by atoms with Crippen molar-refractivity contribution in [3.8, 4) is 0 Å². The third-order valence-electron chi connectivity index (χ3n) is 7.23. The van der Waals surface area contributed by atoms with Crippen LogP contribution in [-0.2, 0) is 13.0 Å². The highest BCUT2D eigenvalue weighted by Gasteiger charge is 2.21. The number of halogens is 1. The van der Waals surface area contributed by atoms with Crippen molar-refractivity contribution in [2.75, 3.05) is 56.5 Å². The van der Waals surface area contributed by atoms with Gasteiger partial charge in [-0.15, -0.1) is 0 Å². The van der Waals surface area contributed by atoms with Crippen LogP contribution < -0.4 is 15.8 Å². The molecule has 3 heterocycles. The lowest BCUT2D eigenvalue weighted by Crippen LogP contribution is -2.46. The number of nitrogens with one attached hydrogen (secondary N) is 2. The summed E-state index contributed by atoms with van der Waals surface area (Å²) in [5.41, 5.74) is 4.80. The molecular weight excluding hydrogens is 445 g/mol. The molecule has 0 saturated carbocycles. The molecule has 0 spiro atoms. The van der Waals surface area contributed by atoms with Crippen LogP contribution in [0.3, 0.4) is 0 Å². The minimum atomic E-state index is -0.475. The van der Waals surface area contributed by atoms with Gasteiger partial charge in [0, 0.05) is 69.5 Å². The van der Waals surface area contributed by atoms with Gasteiger partial charge in [-0.2, -0.15) is 0 Å². The van der Waals surface area contributed by atoms with Crippen molar-refractivity contribution in [3.05, 3.63) is 69.3 Å². The van der Waals surface area contributed by atoms with Crippen molar-refractivity contribution in [3.63, 3.8) is 0 Å². The molecule has 0 aliphatic carbocycles. The van der Waals surface area contributed by atoms with E-state index in [4.69, 9.17) is 0 Å². The first-order valence-corrected chi connectivity index (χ1v) is 12.4. The number of hydrogen-bond donors (Lipinski definition) is 2. The van der Waals surface area contributed by atoms with Crippen molar-refractivity contribution >= 4 is 28.2 Å². The van der Waals surface area contributed by atoms with Crippen molar-refractivity contribution in [1.29, 1.82) is 0 Å². The van der Waals surface area contributed by atoms with Gasteiger partial charge in [-0.1, -0.05) is 12.1 Å². The average Bonchev–Trinajstić information content (AvgIpc) is 2.88. The van der Waals surface area contributed by atoms with Crippen molar-refractivity contribution in [2.24, 2.45) is 0 Å². The maximum Gasteiger partial charge on any atom is 0.256 e. The molecule has 2 aromatic carbocycles. The second-order valence-electron chi connectivity index (χ2n) is 9.46. The van der Waals surface area contributed by atoms with E-state index < -0.39 is 5.82 Å². The Balaban J connectivity index is 1.24. The Hall–Kier alpha value is -3.39. The number of rotatable bonds is 5. The normalized spacial score (nSPS) is 16.1. The van der Waals surface area contributed by atoms with Crippen LogP contribution >= 0.6 is 0 Å². The standard InChI is InChI=1S/C27H32FN5O2/c1-3-31(2)27(35)20-9-7-19(16-23(20)28)33-13-11-32(12-14-33)17-18-6-8-21-24(15-18)30-26(34)22-5-4-10-29-25(21)22/h6-9,15-16,29H,3-5,10-14,17H2,1-2H3,(H,30,34). The van der Waals surface area contributed by atoms with Gasteiger partial charge in [0.15, 0.2) is 0 Å². The molecule has 1 amide bonds. The second kappa shape index (κ2) is 9.70. The summed E-state index contributed by atoms with van der Waals surface area (Å²) in [6.45, 7) is 7.35. The van der Waals surface area contributed by atoms with E-state index in [1.807, 2.05) is 13.0 Å². The summed E-state index contributed by atoms with van der Waals surface area (Å²) in [5.74, 6) is -0.772. The Bertz CT molecular complexity index is 1310. The highest BCUT2D eigenvalue weighted by atomic mass is 19.1. The van der Waals surface area contributed by atoms with E-state index in [1.165, 1.54) is 11.0 Å². The Labute approximate surface area is 204 Å². The molecule has 1 aromatic heterocycles. The minimum absolute atomic E-state index is 0.00625. The van der Waals surface area contributed by atoms with E-state index in [1.54, 1.807) is 13.1 Å². The highest BCUT2D eigenvalue weighted by molar-refractivity contribution is 5.95. The van der Waals surface area contributed by atoms with Crippen LogP contribution in [0.25, 0.3) is 10.9 Å². The molecule has 1 fully saturated rings. The summed E-state index contributed by atoms with van der Waals surface area (Å²) >= 11 is 0. The molecule has 2 aliphatic rings. The fourth-order valence-corrected chi connectivity index (χ4v) is 5.05. The van der Waals surface area contributed by atoms with Gasteiger partial charge in [0.1, 0.15) is 5.82 Å². The number of aromatic nitrogens is 1. The van der Waals surface area contributed by atoms with E-state index >= 15 is 0 Å². The summed E-state index contributed by atoms with van der Waals surface area (Å²) in [4.78, 5) is 33.9. The highest BCUT2D eigenvalue weighted by Crippen LogP contribution is 2.28. The van der Waals surface area contributed by atoms with Gasteiger partial charge in [0.05, 0.1) is 16.8 Å². The van der Waals surface area contributed by atoms with E-state index in [0.717, 1.165) is 85.5 Å². The lowest BCUT2D eigenvalue weighted by Gasteiger charge is -2.36. The van der Waals surface area contributed by atoms with E-state index in [9.17, 15) is 14.0 Å². The molecule has 0 atom stereocenters. The predicted octanol–water partition coefficient (Wildman–Crippen LogP) is 3.44. The van der Waals surface area contributed by atoms with Crippen molar-refractivity contribution in [1.82, 2.24) is 14.8 Å². The SMILES string of the molecule is CCN(C)C(=O)c1ccc(N2CCN(Cc3ccc4c5c(c(=O)[nH]c4c3)CCCN5)CC2)cc1F. The first-order valence-electron chi connectivity index (χ1n) is 12.4. The number of piperazine rings is 1. The number of fused-ring (bicyclic) bond motifs is 3. The molecule has 1 saturated heterocycles. The number of carbonyl (C=O) groups is 1. The lowest BCUT2D eigenvalue weighted by atomic mass is 10.0. The van der Waals surface area contributed by atoms with E-state index in [-0.39, 0.29) is 17.0 Å². The molecule has 5 rings (SSSR count). The van der Waals surface area contributed by atoms with Crippen LogP contribution in [0.4, 0.5) is 15.8 Å². The number of nitrogens with zero attached hydrogens (tertiary/aromatic N) is 3. The summed E-state index contributed by atoms with van der Waals surface area (Å²) in [6.07, 6.45) is 1.80. The Morgan fingerprint density at radius 2 is 1.91 bits per heavy atom. The smallest absolute Gasteiger partial charge is 0.256 e. The van der Waals surface area contributed by atoms with Crippen LogP contribution in [0, 0.1) is 5.82 Å². The Morgan fingerprint density at radius 3 is 2.66 bits per heavy atom. The summed E-state index contributed by atoms with van der Waals surface area (Å²) < 4.78 is 14.7. The summed E-state index contributed by atoms with van der Waals surface area (Å²) in [5, 5.41) is 4.48. The monoisotopic (exact) mass is 477 g/mol. The molecule has 184 valence electrons. The van der Waals surface area contributed by atoms with Crippen LogP contribution in [-0.4, -0.2) is 67.0 Å². The topological polar surface area (TPSA) is 71.7 Å². The molecule has 0 radical (unpaired) electrons. The average molecular weight is 478 g/mol. The quantitative estimate of drug-likeness (QED) is 0.589. The minimum Gasteiger partial charge on any atom is -0.384 e. The molecule has 35 heavy (non-hydrogen) atoms. The summed E-state index contributed by atoms with van der Waals surface area (Å²) in [6, 6.07) is 11.2. The van der Waals surface area contributed by atoms with Crippen LogP contribution in [0.2, 0.25) is 0 Å². The Morgan fingerprint density at radius 1 is 1.11 bits per heavy atom. The number of pyridine rings is 1. The molecule has 3 aromatic rings. The third-order valence-corrected chi connectivity index (χ3v) is 7.23. The van der Waals surface area contributed by atoms with Crippen LogP contribution in [0.1, 0.15) is 34.8 Å². The fourth-order valence-electron chi connectivity index (χ4n) is 5.05. The zero-order valence-corrected chi connectivity index (χ0v) is 20.4. The number of anilines is 2. The second-order valence-corrected chi connectivity index (χ2v) is 9.46. The van der Waals surface area contributed by atoms with Crippen molar-refractivity contribution in [2.45, 2.75) is 26.3 Å². The number of carbonyl (C=O) groups excluding carboxylic acids is 1. The molecule has 2 N–H and O–H groups in total. The zero-order valence-electron chi connectivity index (χ0n) is 20.4. The number of benzene rings is 2. The number of hydrogen-bond acceptors (Lipinski definition) is 5. The van der Waals surface area contributed by atoms with E-state index in [0.29, 0.717) is 6.54 Å². The van der Waals surface area contributed by atoms with Gasteiger partial charge < -0.3 is 20.1 Å². The molecule has 2 aliphatic heterocycles. The number of amides is 1. The number of H-pyrrole nitrogens is 1. The molecule has 0 unspecified atom stereocenters. The van der Waals surface area contributed by atoms with Gasteiger partial charge in [-0.05, 0) is 49.6 Å². The van der Waals surface area contributed by atoms with Gasteiger partial charge in [0.2, 0.25) is 0 Å². The fraction of sp³-hybridized carbons (Fsp3) is 0.407. The van der Waals surface area contributed by atoms with Crippen LogP contribution in [0.15, 0.2) is 41.2 Å². The summed E-state index contributed by atoms with van der Waals surface area (Å²) in [7, 11) is 1.67.